The topological polar surface area (TPSA) is 116 Å². The number of nitrogens with one attached hydrogen (secondary N) is 1. The molecule has 0 spiro atoms. The predicted octanol–water partition coefficient (Wildman–Crippen LogP) is 1.71. The SMILES string of the molecule is NCc1ccc(-c2cccc(-n3cc(NCC(N)=O)c(C=O)n3)c2)cc1. The number of nitrogens with two attached hydrogens (primary N) is 2. The predicted molar refractivity (Wildman–Crippen MR) is 100.0 cm³/mol. The number of nitrogens with zero attached hydrogens (tertiary/aromatic N) is 2. The van der Waals surface area contributed by atoms with Gasteiger partial charge in [-0.1, -0.05) is 36.4 Å². The summed E-state index contributed by atoms with van der Waals surface area (Å²) in [5, 5.41) is 7.07. The molecule has 0 aliphatic rings. The van der Waals surface area contributed by atoms with Gasteiger partial charge in [0.25, 0.3) is 0 Å². The molecule has 5 N–H and O–H groups in total. The number of anilines is 1. The number of rotatable bonds is 7. The van der Waals surface area contributed by atoms with Crippen molar-refractivity contribution in [2.75, 3.05) is 11.9 Å². The van der Waals surface area contributed by atoms with Gasteiger partial charge in [0.2, 0.25) is 5.91 Å². The number of benzene rings is 2. The highest BCUT2D eigenvalue weighted by Gasteiger charge is 2.10. The second-order valence-electron chi connectivity index (χ2n) is 5.76. The lowest BCUT2D eigenvalue weighted by Crippen LogP contribution is -2.22. The number of aldehydes is 1. The van der Waals surface area contributed by atoms with Crippen LogP contribution in [0.3, 0.4) is 0 Å². The van der Waals surface area contributed by atoms with Crippen LogP contribution in [0.15, 0.2) is 54.7 Å². The zero-order chi connectivity index (χ0) is 18.5. The Bertz CT molecular complexity index is 931. The Hall–Kier alpha value is -3.45. The van der Waals surface area contributed by atoms with E-state index in [4.69, 9.17) is 11.5 Å². The fraction of sp³-hybridized carbons (Fsp3) is 0.105. The number of amides is 1. The quantitative estimate of drug-likeness (QED) is 0.562. The molecule has 0 aliphatic carbocycles. The molecule has 1 amide bonds. The summed E-state index contributed by atoms with van der Waals surface area (Å²) in [4.78, 5) is 22.2. The van der Waals surface area contributed by atoms with Crippen molar-refractivity contribution < 1.29 is 9.59 Å². The van der Waals surface area contributed by atoms with Crippen LogP contribution in [0.4, 0.5) is 5.69 Å². The van der Waals surface area contributed by atoms with E-state index in [1.165, 1.54) is 0 Å². The van der Waals surface area contributed by atoms with Crippen LogP contribution in [0.2, 0.25) is 0 Å². The van der Waals surface area contributed by atoms with Gasteiger partial charge in [-0.25, -0.2) is 4.68 Å². The Labute approximate surface area is 150 Å². The van der Waals surface area contributed by atoms with Gasteiger partial charge in [0.1, 0.15) is 5.69 Å². The average Bonchev–Trinajstić information content (AvgIpc) is 3.10. The normalized spacial score (nSPS) is 10.5. The maximum Gasteiger partial charge on any atom is 0.236 e. The zero-order valence-electron chi connectivity index (χ0n) is 14.1. The van der Waals surface area contributed by atoms with Gasteiger partial charge in [0.15, 0.2) is 6.29 Å². The minimum atomic E-state index is -0.516. The van der Waals surface area contributed by atoms with E-state index in [0.717, 1.165) is 22.4 Å². The molecule has 132 valence electrons. The van der Waals surface area contributed by atoms with Gasteiger partial charge in [-0.3, -0.25) is 9.59 Å². The molecule has 0 radical (unpaired) electrons. The smallest absolute Gasteiger partial charge is 0.236 e. The van der Waals surface area contributed by atoms with Crippen molar-refractivity contribution in [1.29, 1.82) is 0 Å². The number of aromatic nitrogens is 2. The molecule has 0 bridgehead atoms. The van der Waals surface area contributed by atoms with E-state index in [0.29, 0.717) is 18.5 Å². The van der Waals surface area contributed by atoms with Crippen LogP contribution in [0.25, 0.3) is 16.8 Å². The van der Waals surface area contributed by atoms with Crippen LogP contribution in [0.1, 0.15) is 16.1 Å². The molecule has 1 heterocycles. The summed E-state index contributed by atoms with van der Waals surface area (Å²) < 4.78 is 1.59. The minimum absolute atomic E-state index is 0.0694. The van der Waals surface area contributed by atoms with Gasteiger partial charge in [-0.15, -0.1) is 0 Å². The maximum atomic E-state index is 11.2. The highest BCUT2D eigenvalue weighted by molar-refractivity contribution is 5.84. The summed E-state index contributed by atoms with van der Waals surface area (Å²) in [6.07, 6.45) is 2.29. The van der Waals surface area contributed by atoms with E-state index in [1.807, 2.05) is 48.5 Å². The molecule has 3 aromatic rings. The minimum Gasteiger partial charge on any atom is -0.373 e. The molecule has 7 heteroatoms. The third-order valence-corrected chi connectivity index (χ3v) is 3.94. The number of hydrogen-bond donors (Lipinski definition) is 3. The Morgan fingerprint density at radius 1 is 1.15 bits per heavy atom. The van der Waals surface area contributed by atoms with Crippen molar-refractivity contribution in [3.8, 4) is 16.8 Å². The Balaban J connectivity index is 1.92. The van der Waals surface area contributed by atoms with Gasteiger partial charge < -0.3 is 16.8 Å². The van der Waals surface area contributed by atoms with Gasteiger partial charge >= 0.3 is 0 Å². The molecule has 3 rings (SSSR count). The highest BCUT2D eigenvalue weighted by Crippen LogP contribution is 2.23. The van der Waals surface area contributed by atoms with E-state index >= 15 is 0 Å². The van der Waals surface area contributed by atoms with Crippen LogP contribution in [0.5, 0.6) is 0 Å². The third-order valence-electron chi connectivity index (χ3n) is 3.94. The third kappa shape index (κ3) is 3.79. The van der Waals surface area contributed by atoms with Crippen LogP contribution < -0.4 is 16.8 Å². The monoisotopic (exact) mass is 349 g/mol. The van der Waals surface area contributed by atoms with Crippen molar-refractivity contribution in [2.45, 2.75) is 6.54 Å². The Morgan fingerprint density at radius 3 is 2.58 bits per heavy atom. The van der Waals surface area contributed by atoms with Crippen molar-refractivity contribution in [3.63, 3.8) is 0 Å². The van der Waals surface area contributed by atoms with E-state index in [2.05, 4.69) is 10.4 Å². The molecule has 0 aliphatic heterocycles. The molecule has 26 heavy (non-hydrogen) atoms. The first kappa shape index (κ1) is 17.4. The maximum absolute atomic E-state index is 11.2. The molecular weight excluding hydrogens is 330 g/mol. The highest BCUT2D eigenvalue weighted by atomic mass is 16.1. The lowest BCUT2D eigenvalue weighted by atomic mass is 10.0. The van der Waals surface area contributed by atoms with E-state index in [-0.39, 0.29) is 12.2 Å². The summed E-state index contributed by atoms with van der Waals surface area (Å²) in [7, 11) is 0. The van der Waals surface area contributed by atoms with E-state index in [9.17, 15) is 9.59 Å². The van der Waals surface area contributed by atoms with E-state index in [1.54, 1.807) is 10.9 Å². The second kappa shape index (κ2) is 7.62. The zero-order valence-corrected chi connectivity index (χ0v) is 14.1. The summed E-state index contributed by atoms with van der Waals surface area (Å²) in [6.45, 7) is 0.434. The Morgan fingerprint density at radius 2 is 1.92 bits per heavy atom. The molecule has 0 saturated carbocycles. The van der Waals surface area contributed by atoms with Crippen LogP contribution >= 0.6 is 0 Å². The van der Waals surface area contributed by atoms with Gasteiger partial charge in [0, 0.05) is 6.54 Å². The number of hydrogen-bond acceptors (Lipinski definition) is 5. The first-order valence-corrected chi connectivity index (χ1v) is 8.07. The molecule has 0 atom stereocenters. The van der Waals surface area contributed by atoms with Crippen LogP contribution in [0, 0.1) is 0 Å². The fourth-order valence-electron chi connectivity index (χ4n) is 2.59. The van der Waals surface area contributed by atoms with Crippen molar-refractivity contribution in [3.05, 3.63) is 66.0 Å². The molecule has 7 nitrogen and oxygen atoms in total. The number of carbonyl (C=O) groups is 2. The summed E-state index contributed by atoms with van der Waals surface area (Å²) in [6, 6.07) is 15.8. The Kier molecular flexibility index (Phi) is 5.09. The molecule has 1 aromatic heterocycles. The first-order valence-electron chi connectivity index (χ1n) is 8.07. The van der Waals surface area contributed by atoms with Gasteiger partial charge in [-0.2, -0.15) is 5.10 Å². The van der Waals surface area contributed by atoms with Crippen LogP contribution in [-0.2, 0) is 11.3 Å². The van der Waals surface area contributed by atoms with Crippen LogP contribution in [-0.4, -0.2) is 28.5 Å². The molecule has 2 aromatic carbocycles. The molecular formula is C19H19N5O2. The second-order valence-corrected chi connectivity index (χ2v) is 5.76. The molecule has 0 saturated heterocycles. The first-order chi connectivity index (χ1) is 12.6. The summed E-state index contributed by atoms with van der Waals surface area (Å²) in [5.41, 5.74) is 15.4. The molecule has 0 fully saturated rings. The standard InChI is InChI=1S/C19H19N5O2/c20-9-13-4-6-14(7-5-13)15-2-1-3-16(8-15)24-11-17(18(12-25)23-24)22-10-19(21)26/h1-8,11-12,22H,9-10,20H2,(H2,21,26). The van der Waals surface area contributed by atoms with Crippen molar-refractivity contribution >= 4 is 17.9 Å². The molecule has 0 unspecified atom stereocenters. The number of primary amides is 1. The van der Waals surface area contributed by atoms with Gasteiger partial charge in [-0.05, 0) is 28.8 Å². The summed E-state index contributed by atoms with van der Waals surface area (Å²) in [5.74, 6) is -0.516. The lowest BCUT2D eigenvalue weighted by Gasteiger charge is -2.07. The largest absolute Gasteiger partial charge is 0.373 e. The van der Waals surface area contributed by atoms with Crippen molar-refractivity contribution in [1.82, 2.24) is 9.78 Å². The average molecular weight is 349 g/mol. The van der Waals surface area contributed by atoms with E-state index < -0.39 is 5.91 Å². The number of carbonyl (C=O) groups excluding carboxylic acids is 2. The van der Waals surface area contributed by atoms with Gasteiger partial charge in [0.05, 0.1) is 24.1 Å². The van der Waals surface area contributed by atoms with Crippen molar-refractivity contribution in [2.24, 2.45) is 11.5 Å². The summed E-state index contributed by atoms with van der Waals surface area (Å²) >= 11 is 0. The fourth-order valence-corrected chi connectivity index (χ4v) is 2.59. The lowest BCUT2D eigenvalue weighted by molar-refractivity contribution is -0.116.